The van der Waals surface area contributed by atoms with Crippen LogP contribution in [-0.2, 0) is 0 Å². The van der Waals surface area contributed by atoms with E-state index in [0.717, 1.165) is 35.3 Å². The maximum Gasteiger partial charge on any atom is 0.269 e. The highest BCUT2D eigenvalue weighted by Gasteiger charge is 2.35. The number of hydrogen-bond donors (Lipinski definition) is 2. The predicted octanol–water partition coefficient (Wildman–Crippen LogP) is 2.96. The molecule has 5 heteroatoms. The van der Waals surface area contributed by atoms with Gasteiger partial charge in [0.1, 0.15) is 5.69 Å². The summed E-state index contributed by atoms with van der Waals surface area (Å²) < 4.78 is 0. The van der Waals surface area contributed by atoms with E-state index in [2.05, 4.69) is 20.5 Å². The Morgan fingerprint density at radius 3 is 2.75 bits per heavy atom. The van der Waals surface area contributed by atoms with Crippen molar-refractivity contribution in [3.8, 4) is 0 Å². The molecule has 1 aromatic heterocycles. The fourth-order valence-corrected chi connectivity index (χ4v) is 5.53. The zero-order valence-electron chi connectivity index (χ0n) is 16.4. The van der Waals surface area contributed by atoms with Crippen molar-refractivity contribution >= 4 is 16.7 Å². The summed E-state index contributed by atoms with van der Waals surface area (Å²) in [5.41, 5.74) is 0.512. The summed E-state index contributed by atoms with van der Waals surface area (Å²) in [5.74, 6) is 0.759. The van der Waals surface area contributed by atoms with Crippen LogP contribution in [0.25, 0.3) is 10.8 Å². The van der Waals surface area contributed by atoms with Gasteiger partial charge in [-0.2, -0.15) is 0 Å². The average Bonchev–Trinajstić information content (AvgIpc) is 3.31. The minimum Gasteiger partial charge on any atom is -0.349 e. The van der Waals surface area contributed by atoms with E-state index in [4.69, 9.17) is 0 Å². The molecule has 3 aliphatic rings. The molecule has 5 nitrogen and oxygen atoms in total. The van der Waals surface area contributed by atoms with Crippen LogP contribution in [0.4, 0.5) is 0 Å². The largest absolute Gasteiger partial charge is 0.349 e. The quantitative estimate of drug-likeness (QED) is 0.840. The summed E-state index contributed by atoms with van der Waals surface area (Å²) >= 11 is 0. The maximum atomic E-state index is 12.6. The number of nitrogens with one attached hydrogen (secondary N) is 2. The molecule has 4 heterocycles. The summed E-state index contributed by atoms with van der Waals surface area (Å²) in [4.78, 5) is 19.6. The fraction of sp³-hybridized carbons (Fsp3) is 0.565. The van der Waals surface area contributed by atoms with Gasteiger partial charge in [-0.05, 0) is 62.4 Å². The molecule has 0 aliphatic carbocycles. The molecule has 0 radical (unpaired) electrons. The first kappa shape index (κ1) is 18.1. The summed E-state index contributed by atoms with van der Waals surface area (Å²) in [7, 11) is 0. The first-order chi connectivity index (χ1) is 13.7. The molecule has 4 atom stereocenters. The van der Waals surface area contributed by atoms with Crippen LogP contribution < -0.4 is 10.6 Å². The topological polar surface area (TPSA) is 57.3 Å². The Morgan fingerprint density at radius 2 is 1.93 bits per heavy atom. The van der Waals surface area contributed by atoms with Crippen molar-refractivity contribution in [1.82, 2.24) is 20.5 Å². The van der Waals surface area contributed by atoms with Crippen LogP contribution in [0, 0.1) is 5.92 Å². The van der Waals surface area contributed by atoms with Crippen LogP contribution in [0.1, 0.15) is 49.0 Å². The van der Waals surface area contributed by atoms with E-state index in [0.29, 0.717) is 11.7 Å². The molecule has 1 aromatic carbocycles. The second-order valence-electron chi connectivity index (χ2n) is 8.89. The molecule has 0 unspecified atom stereocenters. The van der Waals surface area contributed by atoms with Gasteiger partial charge in [0.2, 0.25) is 0 Å². The number of fused-ring (bicyclic) bond motifs is 3. The highest BCUT2D eigenvalue weighted by Crippen LogP contribution is 2.32. The average molecular weight is 379 g/mol. The van der Waals surface area contributed by atoms with Crippen LogP contribution >= 0.6 is 0 Å². The Labute approximate surface area is 166 Å². The lowest BCUT2D eigenvalue weighted by molar-refractivity contribution is 0.0931. The van der Waals surface area contributed by atoms with Crippen molar-refractivity contribution < 1.29 is 4.79 Å². The number of likely N-dealkylation sites (tertiary alicyclic amines) is 1. The summed E-state index contributed by atoms with van der Waals surface area (Å²) in [5, 5.41) is 9.02. The minimum absolute atomic E-state index is 0.0579. The zero-order chi connectivity index (χ0) is 18.9. The van der Waals surface area contributed by atoms with Crippen LogP contribution in [0.15, 0.2) is 36.5 Å². The number of benzene rings is 1. The molecule has 2 bridgehead atoms. The van der Waals surface area contributed by atoms with Crippen LogP contribution in [0.5, 0.6) is 0 Å². The van der Waals surface area contributed by atoms with E-state index < -0.39 is 0 Å². The molecule has 1 amide bonds. The van der Waals surface area contributed by atoms with Gasteiger partial charge in [-0.3, -0.25) is 14.7 Å². The Hall–Kier alpha value is -1.98. The van der Waals surface area contributed by atoms with Crippen molar-refractivity contribution in [2.45, 2.75) is 56.7 Å². The highest BCUT2D eigenvalue weighted by atomic mass is 16.1. The lowest BCUT2D eigenvalue weighted by Crippen LogP contribution is -2.46. The van der Waals surface area contributed by atoms with Crippen molar-refractivity contribution in [2.75, 3.05) is 19.6 Å². The van der Waals surface area contributed by atoms with Gasteiger partial charge in [0.15, 0.2) is 0 Å². The van der Waals surface area contributed by atoms with E-state index in [1.807, 2.05) is 30.3 Å². The molecule has 5 rings (SSSR count). The molecule has 3 saturated heterocycles. The first-order valence-electron chi connectivity index (χ1n) is 10.9. The number of aromatic nitrogens is 1. The number of hydrogen-bond acceptors (Lipinski definition) is 4. The smallest absolute Gasteiger partial charge is 0.269 e. The van der Waals surface area contributed by atoms with E-state index >= 15 is 0 Å². The monoisotopic (exact) mass is 378 g/mol. The SMILES string of the molecule is O=C(NC[C@@H]1CCCN1C[C@@H]1C[C@H]2CC[C@@H](C1)N2)c1cc2ccccc2cn1. The number of carbonyl (C=O) groups is 1. The zero-order valence-corrected chi connectivity index (χ0v) is 16.4. The van der Waals surface area contributed by atoms with Crippen LogP contribution in [-0.4, -0.2) is 53.6 Å². The Kier molecular flexibility index (Phi) is 5.03. The predicted molar refractivity (Wildman–Crippen MR) is 111 cm³/mol. The number of pyridine rings is 1. The van der Waals surface area contributed by atoms with E-state index in [-0.39, 0.29) is 5.91 Å². The van der Waals surface area contributed by atoms with Gasteiger partial charge in [0, 0.05) is 42.8 Å². The van der Waals surface area contributed by atoms with Crippen molar-refractivity contribution in [3.05, 3.63) is 42.2 Å². The second-order valence-corrected chi connectivity index (χ2v) is 8.89. The third-order valence-electron chi connectivity index (χ3n) is 6.92. The minimum atomic E-state index is -0.0579. The fourth-order valence-electron chi connectivity index (χ4n) is 5.53. The molecule has 0 saturated carbocycles. The lowest BCUT2D eigenvalue weighted by Gasteiger charge is -2.34. The molecule has 28 heavy (non-hydrogen) atoms. The molecule has 3 aliphatic heterocycles. The number of amides is 1. The Balaban J connectivity index is 1.17. The molecular weight excluding hydrogens is 348 g/mol. The van der Waals surface area contributed by atoms with Crippen molar-refractivity contribution in [2.24, 2.45) is 5.92 Å². The maximum absolute atomic E-state index is 12.6. The van der Waals surface area contributed by atoms with E-state index in [1.165, 1.54) is 51.6 Å². The molecule has 148 valence electrons. The third kappa shape index (κ3) is 3.78. The molecule has 3 fully saturated rings. The van der Waals surface area contributed by atoms with Gasteiger partial charge in [0.05, 0.1) is 0 Å². The van der Waals surface area contributed by atoms with Gasteiger partial charge >= 0.3 is 0 Å². The van der Waals surface area contributed by atoms with E-state index in [1.54, 1.807) is 6.20 Å². The normalized spacial score (nSPS) is 30.0. The Bertz CT molecular complexity index is 841. The number of rotatable bonds is 5. The van der Waals surface area contributed by atoms with Crippen LogP contribution in [0.2, 0.25) is 0 Å². The first-order valence-corrected chi connectivity index (χ1v) is 10.9. The summed E-state index contributed by atoms with van der Waals surface area (Å²) in [6.45, 7) is 3.10. The number of piperidine rings is 1. The molecule has 0 spiro atoms. The van der Waals surface area contributed by atoms with Gasteiger partial charge in [-0.1, -0.05) is 24.3 Å². The van der Waals surface area contributed by atoms with Crippen molar-refractivity contribution in [3.63, 3.8) is 0 Å². The van der Waals surface area contributed by atoms with Crippen molar-refractivity contribution in [1.29, 1.82) is 0 Å². The third-order valence-corrected chi connectivity index (χ3v) is 6.92. The van der Waals surface area contributed by atoms with Gasteiger partial charge < -0.3 is 10.6 Å². The number of carbonyl (C=O) groups excluding carboxylic acids is 1. The van der Waals surface area contributed by atoms with Gasteiger partial charge in [-0.15, -0.1) is 0 Å². The van der Waals surface area contributed by atoms with Gasteiger partial charge in [0.25, 0.3) is 5.91 Å². The highest BCUT2D eigenvalue weighted by molar-refractivity contribution is 5.96. The van der Waals surface area contributed by atoms with Crippen LogP contribution in [0.3, 0.4) is 0 Å². The summed E-state index contributed by atoms with van der Waals surface area (Å²) in [6.07, 6.45) is 9.59. The molecular formula is C23H30N4O. The number of nitrogens with zero attached hydrogens (tertiary/aromatic N) is 2. The Morgan fingerprint density at radius 1 is 1.14 bits per heavy atom. The molecule has 2 N–H and O–H groups in total. The second kappa shape index (κ2) is 7.80. The van der Waals surface area contributed by atoms with E-state index in [9.17, 15) is 4.79 Å². The lowest BCUT2D eigenvalue weighted by atomic mass is 9.92. The van der Waals surface area contributed by atoms with Gasteiger partial charge in [-0.25, -0.2) is 0 Å². The molecule has 2 aromatic rings. The standard InChI is InChI=1S/C23H30N4O/c28-23(22-12-17-4-1-2-5-18(17)13-24-22)25-14-21-6-3-9-27(21)15-16-10-19-7-8-20(11-16)26-19/h1-2,4-5,12-13,16,19-21,26H,3,6-11,14-15H2,(H,25,28)/t16-,19-,20+,21-/m0/s1. The summed E-state index contributed by atoms with van der Waals surface area (Å²) in [6, 6.07) is 11.9.